The molecule has 0 aliphatic carbocycles. The van der Waals surface area contributed by atoms with Gasteiger partial charge in [-0.2, -0.15) is 0 Å². The topological polar surface area (TPSA) is 63.8 Å². The Morgan fingerprint density at radius 2 is 1.69 bits per heavy atom. The fraction of sp³-hybridized carbons (Fsp3) is 0.0833. The fourth-order valence-electron chi connectivity index (χ4n) is 3.82. The van der Waals surface area contributed by atoms with Crippen molar-refractivity contribution in [2.75, 3.05) is 12.3 Å². The molecule has 3 aromatic carbocycles. The van der Waals surface area contributed by atoms with Gasteiger partial charge in [0.1, 0.15) is 11.6 Å². The highest BCUT2D eigenvalue weighted by Gasteiger charge is 2.17. The van der Waals surface area contributed by atoms with E-state index in [-0.39, 0.29) is 5.82 Å². The maximum Gasteiger partial charge on any atom is 0.146 e. The molecular formula is C24H19FN4. The summed E-state index contributed by atoms with van der Waals surface area (Å²) in [6, 6.07) is 21.1. The van der Waals surface area contributed by atoms with Crippen LogP contribution in [0.15, 0.2) is 72.8 Å². The lowest BCUT2D eigenvalue weighted by molar-refractivity contribution is 0.626. The minimum atomic E-state index is -0.212. The van der Waals surface area contributed by atoms with Gasteiger partial charge in [0, 0.05) is 24.2 Å². The highest BCUT2D eigenvalue weighted by molar-refractivity contribution is 5.91. The minimum Gasteiger partial charge on any atom is -0.382 e. The molecular weight excluding hydrogens is 363 g/mol. The summed E-state index contributed by atoms with van der Waals surface area (Å²) in [5, 5.41) is 13.4. The van der Waals surface area contributed by atoms with Gasteiger partial charge in [-0.1, -0.05) is 42.5 Å². The number of halogens is 1. The van der Waals surface area contributed by atoms with Crippen LogP contribution in [0.5, 0.6) is 0 Å². The average molecular weight is 382 g/mol. The normalized spacial score (nSPS) is 13.6. The lowest BCUT2D eigenvalue weighted by Crippen LogP contribution is -2.11. The summed E-state index contributed by atoms with van der Waals surface area (Å²) >= 11 is 0. The van der Waals surface area contributed by atoms with E-state index in [9.17, 15) is 0 Å². The van der Waals surface area contributed by atoms with E-state index in [1.807, 2.05) is 48.5 Å². The molecule has 1 aliphatic rings. The zero-order chi connectivity index (χ0) is 19.8. The molecule has 0 atom stereocenters. The van der Waals surface area contributed by atoms with Crippen molar-refractivity contribution in [3.63, 3.8) is 0 Å². The third kappa shape index (κ3) is 3.26. The van der Waals surface area contributed by atoms with Gasteiger partial charge in [-0.25, -0.2) is 4.39 Å². The number of nitrogens with zero attached hydrogens (tertiary/aromatic N) is 2. The molecule has 0 saturated carbocycles. The van der Waals surface area contributed by atoms with Gasteiger partial charge in [-0.15, -0.1) is 10.2 Å². The number of hydrogen-bond acceptors (Lipinski definition) is 4. The lowest BCUT2D eigenvalue weighted by atomic mass is 9.91. The van der Waals surface area contributed by atoms with Crippen molar-refractivity contribution in [2.45, 2.75) is 6.54 Å². The standard InChI is InChI=1S/C24H19FN4/c25-22-13-16-4-2-1-3-15(16)12-21(22)20-9-10-27-14-18-11-17(5-6-19(18)20)23-7-8-24(26)29-28-23/h1-9,11-13,27H,10,14H2,(H2,26,29). The summed E-state index contributed by atoms with van der Waals surface area (Å²) in [5.41, 5.74) is 11.0. The van der Waals surface area contributed by atoms with E-state index in [0.29, 0.717) is 24.5 Å². The quantitative estimate of drug-likeness (QED) is 0.534. The molecule has 142 valence electrons. The van der Waals surface area contributed by atoms with E-state index in [0.717, 1.165) is 38.7 Å². The number of fused-ring (bicyclic) bond motifs is 2. The maximum absolute atomic E-state index is 15.0. The molecule has 29 heavy (non-hydrogen) atoms. The summed E-state index contributed by atoms with van der Waals surface area (Å²) in [6.45, 7) is 1.37. The summed E-state index contributed by atoms with van der Waals surface area (Å²) in [6.07, 6.45) is 2.06. The first-order chi connectivity index (χ1) is 14.2. The van der Waals surface area contributed by atoms with Gasteiger partial charge in [-0.3, -0.25) is 0 Å². The Bertz CT molecular complexity index is 1250. The molecule has 2 heterocycles. The summed E-state index contributed by atoms with van der Waals surface area (Å²) in [4.78, 5) is 0. The van der Waals surface area contributed by atoms with Crippen molar-refractivity contribution in [1.82, 2.24) is 15.5 Å². The molecule has 0 radical (unpaired) electrons. The van der Waals surface area contributed by atoms with E-state index in [1.54, 1.807) is 12.1 Å². The van der Waals surface area contributed by atoms with E-state index < -0.39 is 0 Å². The maximum atomic E-state index is 15.0. The van der Waals surface area contributed by atoms with Crippen molar-refractivity contribution in [3.05, 3.63) is 95.3 Å². The first-order valence-corrected chi connectivity index (χ1v) is 9.51. The van der Waals surface area contributed by atoms with Crippen LogP contribution in [0.4, 0.5) is 10.2 Å². The SMILES string of the molecule is Nc1ccc(-c2ccc3c(c2)CNCC=C3c2cc3ccccc3cc2F)nn1. The molecule has 0 amide bonds. The Morgan fingerprint density at radius 1 is 0.862 bits per heavy atom. The second-order valence-electron chi connectivity index (χ2n) is 7.14. The van der Waals surface area contributed by atoms with E-state index in [1.165, 1.54) is 0 Å². The van der Waals surface area contributed by atoms with Gasteiger partial charge in [0.2, 0.25) is 0 Å². The van der Waals surface area contributed by atoms with E-state index in [4.69, 9.17) is 5.73 Å². The Kier molecular flexibility index (Phi) is 4.30. The summed E-state index contributed by atoms with van der Waals surface area (Å²) < 4.78 is 15.0. The van der Waals surface area contributed by atoms with Gasteiger partial charge in [0.25, 0.3) is 0 Å². The van der Waals surface area contributed by atoms with Gasteiger partial charge in [-0.05, 0) is 57.8 Å². The van der Waals surface area contributed by atoms with E-state index >= 15 is 4.39 Å². The van der Waals surface area contributed by atoms with Crippen LogP contribution in [0.25, 0.3) is 27.6 Å². The van der Waals surface area contributed by atoms with Gasteiger partial charge < -0.3 is 11.1 Å². The smallest absolute Gasteiger partial charge is 0.146 e. The van der Waals surface area contributed by atoms with Gasteiger partial charge in [0.05, 0.1) is 5.69 Å². The van der Waals surface area contributed by atoms with Crippen LogP contribution >= 0.6 is 0 Å². The van der Waals surface area contributed by atoms with Crippen LogP contribution in [-0.4, -0.2) is 16.7 Å². The molecule has 5 rings (SSSR count). The lowest BCUT2D eigenvalue weighted by Gasteiger charge is -2.14. The predicted octanol–water partition coefficient (Wildman–Crippen LogP) is 4.55. The molecule has 0 bridgehead atoms. The molecule has 0 spiro atoms. The van der Waals surface area contributed by atoms with Crippen LogP contribution < -0.4 is 11.1 Å². The van der Waals surface area contributed by atoms with Crippen LogP contribution in [0.2, 0.25) is 0 Å². The van der Waals surface area contributed by atoms with Gasteiger partial charge >= 0.3 is 0 Å². The number of aromatic nitrogens is 2. The van der Waals surface area contributed by atoms with Crippen molar-refractivity contribution >= 4 is 22.2 Å². The van der Waals surface area contributed by atoms with Crippen LogP contribution in [0, 0.1) is 5.82 Å². The predicted molar refractivity (Wildman–Crippen MR) is 115 cm³/mol. The molecule has 1 aliphatic heterocycles. The van der Waals surface area contributed by atoms with E-state index in [2.05, 4.69) is 27.7 Å². The van der Waals surface area contributed by atoms with Crippen molar-refractivity contribution in [1.29, 1.82) is 0 Å². The highest BCUT2D eigenvalue weighted by Crippen LogP contribution is 2.34. The monoisotopic (exact) mass is 382 g/mol. The largest absolute Gasteiger partial charge is 0.382 e. The summed E-state index contributed by atoms with van der Waals surface area (Å²) in [7, 11) is 0. The number of benzene rings is 3. The van der Waals surface area contributed by atoms with Crippen LogP contribution in [0.3, 0.4) is 0 Å². The highest BCUT2D eigenvalue weighted by atomic mass is 19.1. The molecule has 4 nitrogen and oxygen atoms in total. The Balaban J connectivity index is 1.63. The van der Waals surface area contributed by atoms with Crippen LogP contribution in [0.1, 0.15) is 16.7 Å². The second kappa shape index (κ2) is 7.11. The number of nitrogen functional groups attached to an aromatic ring is 1. The third-order valence-corrected chi connectivity index (χ3v) is 5.27. The molecule has 0 fully saturated rings. The average Bonchev–Trinajstić information content (AvgIpc) is 2.95. The minimum absolute atomic E-state index is 0.212. The zero-order valence-corrected chi connectivity index (χ0v) is 15.7. The first-order valence-electron chi connectivity index (χ1n) is 9.51. The third-order valence-electron chi connectivity index (χ3n) is 5.27. The van der Waals surface area contributed by atoms with Crippen molar-refractivity contribution in [3.8, 4) is 11.3 Å². The molecule has 5 heteroatoms. The number of nitrogens with one attached hydrogen (secondary N) is 1. The Morgan fingerprint density at radius 3 is 2.48 bits per heavy atom. The van der Waals surface area contributed by atoms with Gasteiger partial charge in [0.15, 0.2) is 0 Å². The Hall–Kier alpha value is -3.57. The number of anilines is 1. The second-order valence-corrected chi connectivity index (χ2v) is 7.14. The van der Waals surface area contributed by atoms with Crippen molar-refractivity contribution < 1.29 is 4.39 Å². The summed E-state index contributed by atoms with van der Waals surface area (Å²) in [5.74, 6) is 0.179. The molecule has 3 N–H and O–H groups in total. The Labute approximate surface area is 167 Å². The van der Waals surface area contributed by atoms with Crippen LogP contribution in [-0.2, 0) is 6.54 Å². The number of nitrogens with two attached hydrogens (primary N) is 1. The molecule has 0 saturated heterocycles. The molecule has 4 aromatic rings. The molecule has 0 unspecified atom stereocenters. The fourth-order valence-corrected chi connectivity index (χ4v) is 3.82. The number of hydrogen-bond donors (Lipinski definition) is 2. The molecule has 1 aromatic heterocycles. The van der Waals surface area contributed by atoms with Crippen molar-refractivity contribution in [2.24, 2.45) is 0 Å². The number of rotatable bonds is 2. The zero-order valence-electron chi connectivity index (χ0n) is 15.7. The first kappa shape index (κ1) is 17.5.